The topological polar surface area (TPSA) is 74.1 Å². The Kier molecular flexibility index (Phi) is 6.60. The number of fused-ring (bicyclic) bond motifs is 1. The van der Waals surface area contributed by atoms with E-state index in [2.05, 4.69) is 23.8 Å². The number of ketones is 1. The van der Waals surface area contributed by atoms with Gasteiger partial charge in [-0.25, -0.2) is 9.48 Å². The van der Waals surface area contributed by atoms with E-state index >= 15 is 0 Å². The number of carbonyl (C=O) groups excluding carboxylic acids is 2. The molecule has 4 rings (SSSR count). The molecule has 6 nitrogen and oxygen atoms in total. The fourth-order valence-corrected chi connectivity index (χ4v) is 4.90. The van der Waals surface area contributed by atoms with Gasteiger partial charge in [-0.05, 0) is 67.2 Å². The molecule has 1 saturated carbocycles. The molecule has 1 aromatic carbocycles. The zero-order valence-electron chi connectivity index (χ0n) is 18.5. The van der Waals surface area contributed by atoms with Crippen molar-refractivity contribution in [1.82, 2.24) is 15.0 Å². The highest BCUT2D eigenvalue weighted by molar-refractivity contribution is 6.30. The zero-order chi connectivity index (χ0) is 22.8. The minimum absolute atomic E-state index is 0.00591. The van der Waals surface area contributed by atoms with E-state index in [1.54, 1.807) is 10.9 Å². The molecule has 2 aliphatic carbocycles. The van der Waals surface area contributed by atoms with Crippen LogP contribution in [0.4, 0.5) is 0 Å². The lowest BCUT2D eigenvalue weighted by atomic mass is 9.86. The van der Waals surface area contributed by atoms with Crippen molar-refractivity contribution >= 4 is 23.4 Å². The molecule has 3 atom stereocenters. The highest BCUT2D eigenvalue weighted by atomic mass is 35.5. The molecule has 2 aliphatic rings. The normalized spacial score (nSPS) is 23.1. The molecule has 0 spiro atoms. The molecule has 32 heavy (non-hydrogen) atoms. The van der Waals surface area contributed by atoms with Gasteiger partial charge in [-0.3, -0.25) is 4.79 Å². The third-order valence-electron chi connectivity index (χ3n) is 6.83. The van der Waals surface area contributed by atoms with Gasteiger partial charge < -0.3 is 4.74 Å². The number of benzene rings is 1. The summed E-state index contributed by atoms with van der Waals surface area (Å²) in [5.41, 5.74) is 4.20. The number of rotatable bonds is 6. The number of esters is 1. The van der Waals surface area contributed by atoms with Crippen LogP contribution in [0.25, 0.3) is 0 Å². The van der Waals surface area contributed by atoms with E-state index < -0.39 is 5.97 Å². The molecule has 0 N–H and O–H groups in total. The van der Waals surface area contributed by atoms with Crippen LogP contribution in [0.3, 0.4) is 0 Å². The number of hydrogen-bond donors (Lipinski definition) is 0. The van der Waals surface area contributed by atoms with Crippen molar-refractivity contribution in [3.05, 3.63) is 70.0 Å². The summed E-state index contributed by atoms with van der Waals surface area (Å²) in [4.78, 5) is 24.9. The first kappa shape index (κ1) is 22.5. The van der Waals surface area contributed by atoms with Crippen LogP contribution in [-0.4, -0.2) is 26.7 Å². The summed E-state index contributed by atoms with van der Waals surface area (Å²) in [5.74, 6) is 0.595. The van der Waals surface area contributed by atoms with Crippen LogP contribution >= 0.6 is 11.6 Å². The van der Waals surface area contributed by atoms with Gasteiger partial charge in [0.25, 0.3) is 0 Å². The molecular formula is C25H28ClN3O3. The Morgan fingerprint density at radius 2 is 2.00 bits per heavy atom. The van der Waals surface area contributed by atoms with Crippen LogP contribution in [-0.2, 0) is 27.5 Å². The molecule has 0 unspecified atom stereocenters. The highest BCUT2D eigenvalue weighted by Crippen LogP contribution is 2.45. The van der Waals surface area contributed by atoms with Crippen molar-refractivity contribution < 1.29 is 14.3 Å². The van der Waals surface area contributed by atoms with Crippen molar-refractivity contribution in [2.24, 2.45) is 17.8 Å². The van der Waals surface area contributed by atoms with Crippen molar-refractivity contribution in [3.8, 4) is 0 Å². The lowest BCUT2D eigenvalue weighted by Crippen LogP contribution is -2.16. The van der Waals surface area contributed by atoms with Crippen LogP contribution < -0.4 is 0 Å². The molecule has 1 aromatic heterocycles. The Morgan fingerprint density at radius 1 is 1.25 bits per heavy atom. The number of carbonyl (C=O) groups is 2. The molecule has 0 saturated heterocycles. The number of ether oxygens (including phenoxy) is 1. The first-order valence-corrected chi connectivity index (χ1v) is 11.4. The van der Waals surface area contributed by atoms with Crippen molar-refractivity contribution in [1.29, 1.82) is 0 Å². The zero-order valence-corrected chi connectivity index (χ0v) is 19.3. The molecule has 2 aromatic rings. The minimum Gasteiger partial charge on any atom is -0.456 e. The first-order chi connectivity index (χ1) is 15.3. The second-order valence-corrected chi connectivity index (χ2v) is 9.41. The van der Waals surface area contributed by atoms with Gasteiger partial charge in [0.05, 0.1) is 12.7 Å². The van der Waals surface area contributed by atoms with Crippen LogP contribution in [0.15, 0.2) is 53.8 Å². The van der Waals surface area contributed by atoms with E-state index in [0.717, 1.165) is 30.4 Å². The average Bonchev–Trinajstić information content (AvgIpc) is 3.29. The van der Waals surface area contributed by atoms with E-state index in [1.807, 2.05) is 31.2 Å². The summed E-state index contributed by atoms with van der Waals surface area (Å²) < 4.78 is 7.19. The first-order valence-electron chi connectivity index (χ1n) is 11.0. The maximum atomic E-state index is 12.7. The Morgan fingerprint density at radius 3 is 2.75 bits per heavy atom. The quantitative estimate of drug-likeness (QED) is 0.458. The van der Waals surface area contributed by atoms with Gasteiger partial charge in [0.15, 0.2) is 5.78 Å². The monoisotopic (exact) mass is 453 g/mol. The molecule has 1 fully saturated rings. The summed E-state index contributed by atoms with van der Waals surface area (Å²) in [6.07, 6.45) is 4.95. The van der Waals surface area contributed by atoms with Crippen LogP contribution in [0.1, 0.15) is 50.8 Å². The second-order valence-electron chi connectivity index (χ2n) is 8.98. The highest BCUT2D eigenvalue weighted by Gasteiger charge is 2.38. The maximum Gasteiger partial charge on any atom is 0.334 e. The molecular weight excluding hydrogens is 426 g/mol. The molecule has 0 aliphatic heterocycles. The van der Waals surface area contributed by atoms with Crippen LogP contribution in [0.2, 0.25) is 5.02 Å². The predicted octanol–water partition coefficient (Wildman–Crippen LogP) is 4.92. The molecule has 168 valence electrons. The number of allylic oxidation sites excluding steroid dienone is 2. The molecule has 7 heteroatoms. The Balaban J connectivity index is 1.34. The second kappa shape index (κ2) is 9.41. The third kappa shape index (κ3) is 4.85. The van der Waals surface area contributed by atoms with Gasteiger partial charge in [0.2, 0.25) is 0 Å². The van der Waals surface area contributed by atoms with Crippen molar-refractivity contribution in [3.63, 3.8) is 0 Å². The number of nitrogens with zero attached hydrogens (tertiary/aromatic N) is 3. The van der Waals surface area contributed by atoms with E-state index in [-0.39, 0.29) is 18.3 Å². The van der Waals surface area contributed by atoms with E-state index in [4.69, 9.17) is 16.3 Å². The standard InChI is InChI=1S/C25H28ClN3O3/c1-15-4-7-19(10-23-17(3)24(30)11-22(15)23)16(2)25(31)32-14-21-13-29(28-27-21)12-18-5-8-20(26)9-6-18/h5-6,8-9,13,15,19,22H,2,4,7,10-12,14H2,1,3H3/t15-,19+,22-/m0/s1. The number of Topliss-reactive ketones (excluding diaryl/α,β-unsaturated/α-hetero) is 1. The fourth-order valence-electron chi connectivity index (χ4n) is 4.77. The third-order valence-corrected chi connectivity index (χ3v) is 7.08. The van der Waals surface area contributed by atoms with Gasteiger partial charge in [-0.15, -0.1) is 5.10 Å². The number of halogens is 1. The smallest absolute Gasteiger partial charge is 0.334 e. The Bertz CT molecular complexity index is 1070. The van der Waals surface area contributed by atoms with Crippen molar-refractivity contribution in [2.45, 2.75) is 52.7 Å². The lowest BCUT2D eigenvalue weighted by Gasteiger charge is -2.18. The van der Waals surface area contributed by atoms with Crippen LogP contribution in [0, 0.1) is 17.8 Å². The summed E-state index contributed by atoms with van der Waals surface area (Å²) in [6.45, 7) is 8.77. The van der Waals surface area contributed by atoms with Crippen LogP contribution in [0.5, 0.6) is 0 Å². The summed E-state index contributed by atoms with van der Waals surface area (Å²) in [7, 11) is 0. The maximum absolute atomic E-state index is 12.7. The average molecular weight is 454 g/mol. The molecule has 0 radical (unpaired) electrons. The largest absolute Gasteiger partial charge is 0.456 e. The molecule has 0 bridgehead atoms. The number of aromatic nitrogens is 3. The lowest BCUT2D eigenvalue weighted by molar-refractivity contribution is -0.141. The number of hydrogen-bond acceptors (Lipinski definition) is 5. The molecule has 0 amide bonds. The summed E-state index contributed by atoms with van der Waals surface area (Å²) in [6, 6.07) is 7.52. The van der Waals surface area contributed by atoms with E-state index in [1.165, 1.54) is 5.57 Å². The summed E-state index contributed by atoms with van der Waals surface area (Å²) in [5, 5.41) is 8.88. The summed E-state index contributed by atoms with van der Waals surface area (Å²) >= 11 is 5.92. The fraction of sp³-hybridized carbons (Fsp3) is 0.440. The minimum atomic E-state index is -0.407. The van der Waals surface area contributed by atoms with Gasteiger partial charge in [0.1, 0.15) is 12.3 Å². The SMILES string of the molecule is C=C(C(=O)OCc1cn(Cc2ccc(Cl)cc2)nn1)[C@@H]1CC[C@H](C)[C@@H]2CC(=O)C(C)=C2C1. The predicted molar refractivity (Wildman–Crippen MR) is 122 cm³/mol. The van der Waals surface area contributed by atoms with Crippen molar-refractivity contribution in [2.75, 3.05) is 0 Å². The Labute approximate surface area is 193 Å². The Hall–Kier alpha value is -2.73. The van der Waals surface area contributed by atoms with Gasteiger partial charge >= 0.3 is 5.97 Å². The van der Waals surface area contributed by atoms with Gasteiger partial charge in [0, 0.05) is 17.0 Å². The molecule has 1 heterocycles. The van der Waals surface area contributed by atoms with E-state index in [9.17, 15) is 9.59 Å². The van der Waals surface area contributed by atoms with E-state index in [0.29, 0.717) is 41.1 Å². The van der Waals surface area contributed by atoms with Gasteiger partial charge in [-0.1, -0.05) is 48.0 Å². The van der Waals surface area contributed by atoms with Gasteiger partial charge in [-0.2, -0.15) is 0 Å².